The Balaban J connectivity index is 1.62. The van der Waals surface area contributed by atoms with Gasteiger partial charge in [0.1, 0.15) is 11.7 Å². The maximum atomic E-state index is 13.6. The Kier molecular flexibility index (Phi) is 7.02. The molecule has 3 N–H and O–H groups in total. The fourth-order valence-electron chi connectivity index (χ4n) is 5.71. The fraction of sp³-hybridized carbons (Fsp3) is 0.440. The molecule has 4 rings (SSSR count). The molecule has 7 nitrogen and oxygen atoms in total. The summed E-state index contributed by atoms with van der Waals surface area (Å²) in [5.74, 6) is -5.11. The largest absolute Gasteiger partial charge is 0.385 e. The van der Waals surface area contributed by atoms with E-state index in [4.69, 9.17) is 11.6 Å². The summed E-state index contributed by atoms with van der Waals surface area (Å²) in [6, 6.07) is 6.52. The summed E-state index contributed by atoms with van der Waals surface area (Å²) in [4.78, 5) is 25.1. The van der Waals surface area contributed by atoms with Crippen LogP contribution in [0.25, 0.3) is 0 Å². The Hall–Kier alpha value is -2.40. The predicted molar refractivity (Wildman–Crippen MR) is 128 cm³/mol. The molecule has 1 amide bonds. The van der Waals surface area contributed by atoms with Crippen LogP contribution in [0.15, 0.2) is 41.3 Å². The number of carbonyl (C=O) groups excluding carboxylic acids is 2. The average molecular weight is 542 g/mol. The summed E-state index contributed by atoms with van der Waals surface area (Å²) in [7, 11) is -4.09. The van der Waals surface area contributed by atoms with Crippen molar-refractivity contribution in [2.45, 2.75) is 55.0 Å². The summed E-state index contributed by atoms with van der Waals surface area (Å²) in [5, 5.41) is 22.4. The number of aliphatic hydroxyl groups excluding tert-OH is 1. The molecule has 11 heteroatoms. The second-order valence-electron chi connectivity index (χ2n) is 9.75. The molecule has 2 aliphatic rings. The minimum Gasteiger partial charge on any atom is -0.385 e. The zero-order valence-electron chi connectivity index (χ0n) is 19.5. The quantitative estimate of drug-likeness (QED) is 0.512. The summed E-state index contributed by atoms with van der Waals surface area (Å²) in [6.45, 7) is 3.13. The molecule has 0 radical (unpaired) electrons. The highest BCUT2D eigenvalue weighted by molar-refractivity contribution is 7.92. The van der Waals surface area contributed by atoms with E-state index in [0.717, 1.165) is 18.2 Å². The normalized spacial score (nSPS) is 28.5. The lowest BCUT2D eigenvalue weighted by Crippen LogP contribution is -2.56. The molecule has 194 valence electrons. The molecule has 0 aromatic heterocycles. The third-order valence-corrected chi connectivity index (χ3v) is 10.1. The molecule has 0 saturated heterocycles. The maximum Gasteiger partial charge on any atom is 0.255 e. The van der Waals surface area contributed by atoms with Crippen LogP contribution in [0.4, 0.5) is 14.5 Å². The lowest BCUT2D eigenvalue weighted by Gasteiger charge is -2.42. The van der Waals surface area contributed by atoms with Crippen molar-refractivity contribution in [1.29, 1.82) is 0 Å². The number of hydrogen-bond acceptors (Lipinski definition) is 6. The van der Waals surface area contributed by atoms with Crippen LogP contribution < -0.4 is 5.32 Å². The van der Waals surface area contributed by atoms with Crippen molar-refractivity contribution in [1.82, 2.24) is 0 Å². The number of aliphatic hydroxyl groups is 2. The number of carbonyl (C=O) groups is 2. The smallest absolute Gasteiger partial charge is 0.255 e. The Morgan fingerprint density at radius 2 is 1.81 bits per heavy atom. The first kappa shape index (κ1) is 26.7. The van der Waals surface area contributed by atoms with Gasteiger partial charge in [-0.05, 0) is 74.3 Å². The number of ketones is 1. The molecule has 2 aromatic rings. The van der Waals surface area contributed by atoms with Gasteiger partial charge in [0.25, 0.3) is 5.91 Å². The Morgan fingerprint density at radius 1 is 1.11 bits per heavy atom. The highest BCUT2D eigenvalue weighted by atomic mass is 35.5. The van der Waals surface area contributed by atoms with Gasteiger partial charge in [0.2, 0.25) is 0 Å². The van der Waals surface area contributed by atoms with Crippen molar-refractivity contribution < 1.29 is 37.0 Å². The van der Waals surface area contributed by atoms with Crippen LogP contribution >= 0.6 is 11.6 Å². The van der Waals surface area contributed by atoms with E-state index in [1.54, 1.807) is 0 Å². The molecule has 6 atom stereocenters. The summed E-state index contributed by atoms with van der Waals surface area (Å²) in [6.07, 6.45) is -0.940. The van der Waals surface area contributed by atoms with Crippen molar-refractivity contribution >= 4 is 38.8 Å². The van der Waals surface area contributed by atoms with Gasteiger partial charge in [-0.3, -0.25) is 9.59 Å². The number of anilines is 1. The van der Waals surface area contributed by atoms with E-state index in [0.29, 0.717) is 6.42 Å². The zero-order valence-corrected chi connectivity index (χ0v) is 21.1. The van der Waals surface area contributed by atoms with Crippen LogP contribution in [-0.2, 0) is 14.6 Å². The molecule has 2 saturated carbocycles. The third-order valence-electron chi connectivity index (χ3n) is 7.49. The number of amides is 1. The molecular weight excluding hydrogens is 516 g/mol. The molecule has 2 fully saturated rings. The van der Waals surface area contributed by atoms with Crippen LogP contribution in [0, 0.1) is 29.4 Å². The van der Waals surface area contributed by atoms with Crippen LogP contribution in [-0.4, -0.2) is 47.3 Å². The number of rotatable bonds is 6. The predicted octanol–water partition coefficient (Wildman–Crippen LogP) is 3.76. The minimum atomic E-state index is -4.09. The summed E-state index contributed by atoms with van der Waals surface area (Å²) < 4.78 is 53.9. The van der Waals surface area contributed by atoms with Crippen LogP contribution in [0.5, 0.6) is 0 Å². The summed E-state index contributed by atoms with van der Waals surface area (Å²) >= 11 is 6.23. The standard InChI is InChI=1S/C25H26ClF2NO6S/c1-12-7-15-9-17(11-18(12)25(15,33)23(31)13(2)30)36(34,35)22-8-14(3-5-19(22)26)24(32)29-16-4-6-20(27)21(28)10-16/h3-6,8,10,12-13,15,17-18,30,33H,7,9,11H2,1-2H3,(H,29,32)/t12-,13-,15+,17+,18+,25+/m0/s1. The van der Waals surface area contributed by atoms with E-state index in [1.165, 1.54) is 25.1 Å². The van der Waals surface area contributed by atoms with Gasteiger partial charge >= 0.3 is 0 Å². The highest BCUT2D eigenvalue weighted by Gasteiger charge is 2.62. The van der Waals surface area contributed by atoms with Crippen LogP contribution in [0.3, 0.4) is 0 Å². The number of benzene rings is 2. The van der Waals surface area contributed by atoms with Crippen LogP contribution in [0.1, 0.15) is 43.5 Å². The first-order valence-corrected chi connectivity index (χ1v) is 13.4. The topological polar surface area (TPSA) is 121 Å². The van der Waals surface area contributed by atoms with E-state index in [9.17, 15) is 37.0 Å². The number of nitrogens with one attached hydrogen (secondary N) is 1. The van der Waals surface area contributed by atoms with E-state index in [-0.39, 0.29) is 39.9 Å². The van der Waals surface area contributed by atoms with Crippen molar-refractivity contribution in [3.8, 4) is 0 Å². The number of Topliss-reactive ketones (excluding diaryl/α,β-unsaturated/α-hetero) is 1. The maximum absolute atomic E-state index is 13.6. The molecule has 36 heavy (non-hydrogen) atoms. The number of hydrogen-bond donors (Lipinski definition) is 3. The lowest BCUT2D eigenvalue weighted by molar-refractivity contribution is -0.158. The van der Waals surface area contributed by atoms with E-state index >= 15 is 0 Å². The number of sulfone groups is 1. The second kappa shape index (κ2) is 9.48. The zero-order chi connectivity index (χ0) is 26.6. The average Bonchev–Trinajstić information content (AvgIpc) is 2.94. The molecular formula is C25H26ClF2NO6S. The molecule has 2 aliphatic carbocycles. The third kappa shape index (κ3) is 4.44. The molecule has 0 unspecified atom stereocenters. The summed E-state index contributed by atoms with van der Waals surface area (Å²) in [5.41, 5.74) is -1.87. The van der Waals surface area contributed by atoms with Crippen molar-refractivity contribution in [3.63, 3.8) is 0 Å². The van der Waals surface area contributed by atoms with Gasteiger partial charge in [-0.2, -0.15) is 0 Å². The number of fused-ring (bicyclic) bond motifs is 2. The molecule has 0 spiro atoms. The van der Waals surface area contributed by atoms with E-state index in [1.807, 2.05) is 6.92 Å². The Bertz CT molecular complexity index is 1330. The second-order valence-corrected chi connectivity index (χ2v) is 12.4. The number of halogens is 3. The van der Waals surface area contributed by atoms with Gasteiger partial charge in [-0.25, -0.2) is 17.2 Å². The van der Waals surface area contributed by atoms with Gasteiger partial charge in [0, 0.05) is 17.3 Å². The highest BCUT2D eigenvalue weighted by Crippen LogP contribution is 2.55. The minimum absolute atomic E-state index is 0.000255. The van der Waals surface area contributed by atoms with Gasteiger partial charge in [0.15, 0.2) is 27.3 Å². The van der Waals surface area contributed by atoms with E-state index in [2.05, 4.69) is 5.32 Å². The van der Waals surface area contributed by atoms with Crippen molar-refractivity contribution in [2.24, 2.45) is 17.8 Å². The van der Waals surface area contributed by atoms with Gasteiger partial charge in [0.05, 0.1) is 15.2 Å². The molecule has 2 bridgehead atoms. The first-order valence-electron chi connectivity index (χ1n) is 11.5. The molecule has 2 aromatic carbocycles. The van der Waals surface area contributed by atoms with Gasteiger partial charge in [-0.1, -0.05) is 18.5 Å². The first-order chi connectivity index (χ1) is 16.8. The van der Waals surface area contributed by atoms with Crippen molar-refractivity contribution in [3.05, 3.63) is 58.6 Å². The molecule has 0 aliphatic heterocycles. The monoisotopic (exact) mass is 541 g/mol. The molecule has 0 heterocycles. The van der Waals surface area contributed by atoms with Gasteiger partial charge < -0.3 is 15.5 Å². The Morgan fingerprint density at radius 3 is 2.42 bits per heavy atom. The fourth-order valence-corrected chi connectivity index (χ4v) is 8.08. The van der Waals surface area contributed by atoms with Crippen LogP contribution in [0.2, 0.25) is 5.02 Å². The SMILES string of the molecule is C[C@H](O)C(=O)[C@@]1(O)[C@H]2C[C@@H](S(=O)(=O)c3cc(C(=O)Nc4ccc(F)c(F)c4)ccc3Cl)C[C@@H]1[C@@H](C)C2. The Labute approximate surface area is 212 Å². The van der Waals surface area contributed by atoms with E-state index < -0.39 is 62.0 Å². The van der Waals surface area contributed by atoms with Crippen molar-refractivity contribution in [2.75, 3.05) is 5.32 Å². The van der Waals surface area contributed by atoms with Gasteiger partial charge in [-0.15, -0.1) is 0 Å². The lowest BCUT2D eigenvalue weighted by atomic mass is 9.70.